The molecule has 1 aliphatic rings. The van der Waals surface area contributed by atoms with Crippen molar-refractivity contribution in [1.82, 2.24) is 15.5 Å². The van der Waals surface area contributed by atoms with E-state index >= 15 is 0 Å². The molecule has 27 heavy (non-hydrogen) atoms. The van der Waals surface area contributed by atoms with E-state index in [0.717, 1.165) is 6.42 Å². The number of amides is 1. The lowest BCUT2D eigenvalue weighted by molar-refractivity contribution is 0.147. The molecule has 1 saturated heterocycles. The third kappa shape index (κ3) is 7.20. The fourth-order valence-corrected chi connectivity index (χ4v) is 4.40. The number of carbonyl (C=O) groups excluding carboxylic acids is 1. The van der Waals surface area contributed by atoms with Gasteiger partial charge in [-0.05, 0) is 40.0 Å². The third-order valence-corrected chi connectivity index (χ3v) is 7.03. The van der Waals surface area contributed by atoms with Crippen molar-refractivity contribution in [3.8, 4) is 0 Å². The summed E-state index contributed by atoms with van der Waals surface area (Å²) in [5.74, 6) is 1.19. The van der Waals surface area contributed by atoms with Crippen LogP contribution in [0.3, 0.4) is 0 Å². The zero-order valence-corrected chi connectivity index (χ0v) is 18.4. The quantitative estimate of drug-likeness (QED) is 0.494. The second-order valence-electron chi connectivity index (χ2n) is 7.89. The molecule has 9 heteroatoms. The molecule has 0 bridgehead atoms. The molecule has 0 aromatic heterocycles. The Balaban J connectivity index is 2.90. The van der Waals surface area contributed by atoms with E-state index in [0.29, 0.717) is 44.7 Å². The van der Waals surface area contributed by atoms with Gasteiger partial charge in [0.1, 0.15) is 0 Å². The lowest BCUT2D eigenvalue weighted by atomic mass is 10.0. The summed E-state index contributed by atoms with van der Waals surface area (Å²) in [5.41, 5.74) is 0. The maximum absolute atomic E-state index is 12.3. The van der Waals surface area contributed by atoms with Gasteiger partial charge in [0.05, 0.1) is 29.7 Å². The third-order valence-electron chi connectivity index (χ3n) is 4.49. The molecule has 2 N–H and O–H groups in total. The van der Waals surface area contributed by atoms with Crippen LogP contribution in [0.25, 0.3) is 0 Å². The summed E-state index contributed by atoms with van der Waals surface area (Å²) in [4.78, 5) is 18.5. The zero-order valence-electron chi connectivity index (χ0n) is 17.5. The van der Waals surface area contributed by atoms with Crippen LogP contribution in [-0.2, 0) is 14.6 Å². The van der Waals surface area contributed by atoms with E-state index < -0.39 is 20.7 Å². The molecule has 1 rings (SSSR count). The Morgan fingerprint density at radius 3 is 2.48 bits per heavy atom. The number of nitrogens with zero attached hydrogens (tertiary/aromatic N) is 2. The normalized spacial score (nSPS) is 20.3. The van der Waals surface area contributed by atoms with E-state index in [1.54, 1.807) is 20.8 Å². The van der Waals surface area contributed by atoms with Gasteiger partial charge in [-0.15, -0.1) is 0 Å². The van der Waals surface area contributed by atoms with Crippen molar-refractivity contribution in [2.24, 2.45) is 10.9 Å². The molecule has 0 aromatic carbocycles. The van der Waals surface area contributed by atoms with E-state index in [1.165, 1.54) is 0 Å². The van der Waals surface area contributed by atoms with Crippen LogP contribution in [0.2, 0.25) is 0 Å². The first-order valence-electron chi connectivity index (χ1n) is 9.71. The minimum absolute atomic E-state index is 0.112. The smallest absolute Gasteiger partial charge is 0.407 e. The second kappa shape index (κ2) is 10.1. The van der Waals surface area contributed by atoms with Gasteiger partial charge in [-0.3, -0.25) is 4.99 Å². The molecule has 1 atom stereocenters. The number of aliphatic imine (C=N–C) groups is 1. The lowest BCUT2D eigenvalue weighted by Gasteiger charge is -2.39. The number of alkyl carbamates (subject to hydrolysis) is 1. The van der Waals surface area contributed by atoms with Crippen molar-refractivity contribution in [2.75, 3.05) is 38.5 Å². The number of rotatable bonds is 7. The minimum Gasteiger partial charge on any atom is -0.450 e. The van der Waals surface area contributed by atoms with Crippen LogP contribution in [-0.4, -0.2) is 74.7 Å². The van der Waals surface area contributed by atoms with Crippen molar-refractivity contribution in [3.05, 3.63) is 0 Å². The monoisotopic (exact) mass is 404 g/mol. The number of hydrogen-bond acceptors (Lipinski definition) is 5. The summed E-state index contributed by atoms with van der Waals surface area (Å²) < 4.78 is 28.7. The van der Waals surface area contributed by atoms with Gasteiger partial charge in [0.25, 0.3) is 0 Å². The molecule has 1 heterocycles. The molecule has 1 aliphatic heterocycles. The van der Waals surface area contributed by atoms with Gasteiger partial charge in [-0.25, -0.2) is 13.2 Å². The highest BCUT2D eigenvalue weighted by atomic mass is 32.2. The van der Waals surface area contributed by atoms with E-state index in [-0.39, 0.29) is 11.8 Å². The minimum atomic E-state index is -3.11. The molecular weight excluding hydrogens is 368 g/mol. The first-order chi connectivity index (χ1) is 12.5. The van der Waals surface area contributed by atoms with Crippen molar-refractivity contribution < 1.29 is 17.9 Å². The fraction of sp³-hybridized carbons (Fsp3) is 0.889. The van der Waals surface area contributed by atoms with Crippen LogP contribution in [0.1, 0.15) is 48.0 Å². The number of sulfone groups is 1. The lowest BCUT2D eigenvalue weighted by Crippen LogP contribution is -2.57. The predicted molar refractivity (Wildman–Crippen MR) is 109 cm³/mol. The summed E-state index contributed by atoms with van der Waals surface area (Å²) >= 11 is 0. The van der Waals surface area contributed by atoms with E-state index in [2.05, 4.69) is 29.5 Å². The second-order valence-corrected chi connectivity index (χ2v) is 10.6. The Kier molecular flexibility index (Phi) is 8.84. The van der Waals surface area contributed by atoms with Crippen LogP contribution < -0.4 is 10.6 Å². The van der Waals surface area contributed by atoms with E-state index in [1.807, 2.05) is 11.8 Å². The predicted octanol–water partition coefficient (Wildman–Crippen LogP) is 1.62. The van der Waals surface area contributed by atoms with Gasteiger partial charge in [-0.1, -0.05) is 13.8 Å². The van der Waals surface area contributed by atoms with Crippen molar-refractivity contribution >= 4 is 21.9 Å². The van der Waals surface area contributed by atoms with Gasteiger partial charge in [-0.2, -0.15) is 0 Å². The molecule has 0 radical (unpaired) electrons. The fourth-order valence-electron chi connectivity index (χ4n) is 3.03. The summed E-state index contributed by atoms with van der Waals surface area (Å²) in [6.45, 7) is 13.6. The Morgan fingerprint density at radius 1 is 1.30 bits per heavy atom. The summed E-state index contributed by atoms with van der Waals surface area (Å²) in [6.07, 6.45) is 0.343. The van der Waals surface area contributed by atoms with Gasteiger partial charge < -0.3 is 20.3 Å². The van der Waals surface area contributed by atoms with Crippen LogP contribution >= 0.6 is 0 Å². The maximum Gasteiger partial charge on any atom is 0.407 e. The number of ether oxygens (including phenoxy) is 1. The van der Waals surface area contributed by atoms with E-state index in [4.69, 9.17) is 4.74 Å². The molecule has 1 fully saturated rings. The van der Waals surface area contributed by atoms with Crippen molar-refractivity contribution in [3.63, 3.8) is 0 Å². The molecule has 0 saturated carbocycles. The highest BCUT2D eigenvalue weighted by Crippen LogP contribution is 2.23. The Morgan fingerprint density at radius 2 is 1.96 bits per heavy atom. The van der Waals surface area contributed by atoms with Crippen LogP contribution in [0.4, 0.5) is 4.79 Å². The van der Waals surface area contributed by atoms with Crippen LogP contribution in [0, 0.1) is 5.92 Å². The number of carbonyl (C=O) groups is 1. The van der Waals surface area contributed by atoms with Crippen LogP contribution in [0.5, 0.6) is 0 Å². The number of guanidine groups is 1. The van der Waals surface area contributed by atoms with Crippen LogP contribution in [0.15, 0.2) is 4.99 Å². The van der Waals surface area contributed by atoms with Gasteiger partial charge >= 0.3 is 6.09 Å². The summed E-state index contributed by atoms with van der Waals surface area (Å²) in [6, 6.07) is -0.140. The first-order valence-corrected chi connectivity index (χ1v) is 11.4. The molecule has 1 unspecified atom stereocenters. The largest absolute Gasteiger partial charge is 0.450 e. The maximum atomic E-state index is 12.3. The molecule has 8 nitrogen and oxygen atoms in total. The molecule has 1 amide bonds. The average Bonchev–Trinajstić information content (AvgIpc) is 2.53. The highest BCUT2D eigenvalue weighted by molar-refractivity contribution is 7.92. The summed E-state index contributed by atoms with van der Waals surface area (Å²) in [7, 11) is -3.11. The van der Waals surface area contributed by atoms with E-state index in [9.17, 15) is 13.2 Å². The molecular formula is C18H36N4O4S. The molecule has 158 valence electrons. The Bertz CT molecular complexity index is 617. The van der Waals surface area contributed by atoms with Crippen molar-refractivity contribution in [1.29, 1.82) is 0 Å². The van der Waals surface area contributed by atoms with Gasteiger partial charge in [0, 0.05) is 19.6 Å². The molecule has 0 aliphatic carbocycles. The Hall–Kier alpha value is -1.51. The van der Waals surface area contributed by atoms with Gasteiger partial charge in [0.15, 0.2) is 15.8 Å². The number of hydrogen-bond donors (Lipinski definition) is 2. The average molecular weight is 405 g/mol. The van der Waals surface area contributed by atoms with Crippen molar-refractivity contribution in [2.45, 2.75) is 58.8 Å². The number of nitrogens with one attached hydrogen (secondary N) is 2. The first kappa shape index (κ1) is 23.5. The highest BCUT2D eigenvalue weighted by Gasteiger charge is 2.41. The Labute approximate surface area is 164 Å². The topological polar surface area (TPSA) is 100 Å². The standard InChI is InChI=1S/C18H36N4O4S/c1-7-19-16(22-9-10-27(24,25)18(5,6)13-22)20-12-15(11-14(3)4)21-17(23)26-8-2/h14-15H,7-13H2,1-6H3,(H,19,20)(H,21,23). The zero-order chi connectivity index (χ0) is 20.7. The molecule has 0 aromatic rings. The van der Waals surface area contributed by atoms with Gasteiger partial charge in [0.2, 0.25) is 0 Å². The molecule has 0 spiro atoms. The SMILES string of the molecule is CCNC(=NCC(CC(C)C)NC(=O)OCC)N1CCS(=O)(=O)C(C)(C)C1. The summed E-state index contributed by atoms with van der Waals surface area (Å²) in [5, 5.41) is 6.11.